The van der Waals surface area contributed by atoms with Gasteiger partial charge in [0.05, 0.1) is 6.42 Å². The number of ether oxygens (including phenoxy) is 1. The molecule has 0 saturated heterocycles. The average Bonchev–Trinajstić information content (AvgIpc) is 2.75. The van der Waals surface area contributed by atoms with E-state index in [4.69, 9.17) is 9.84 Å². The van der Waals surface area contributed by atoms with Gasteiger partial charge in [0, 0.05) is 30.0 Å². The maximum absolute atomic E-state index is 10.7. The fourth-order valence-corrected chi connectivity index (χ4v) is 2.86. The number of aliphatic carboxylic acids is 1. The van der Waals surface area contributed by atoms with E-state index in [1.165, 1.54) is 5.56 Å². The molecule has 1 aromatic carbocycles. The van der Waals surface area contributed by atoms with Crippen LogP contribution in [0.1, 0.15) is 25.8 Å². The summed E-state index contributed by atoms with van der Waals surface area (Å²) < 4.78 is 7.00. The Hall–Kier alpha value is -1.07. The van der Waals surface area contributed by atoms with E-state index < -0.39 is 5.97 Å². The summed E-state index contributed by atoms with van der Waals surface area (Å²) in [5, 5.41) is 8.81. The Morgan fingerprint density at radius 2 is 2.30 bits per heavy atom. The van der Waals surface area contributed by atoms with Crippen LogP contribution < -0.4 is 4.74 Å². The summed E-state index contributed by atoms with van der Waals surface area (Å²) in [5.74, 6) is 0.190. The molecule has 1 heterocycles. The number of fused-ring (bicyclic) bond motifs is 1. The summed E-state index contributed by atoms with van der Waals surface area (Å²) in [4.78, 5) is 12.9. The van der Waals surface area contributed by atoms with Gasteiger partial charge in [-0.3, -0.25) is 9.69 Å². The molecule has 1 aliphatic rings. The van der Waals surface area contributed by atoms with Gasteiger partial charge in [0.1, 0.15) is 11.9 Å². The molecule has 1 aliphatic heterocycles. The lowest BCUT2D eigenvalue weighted by Gasteiger charge is -2.28. The van der Waals surface area contributed by atoms with Crippen molar-refractivity contribution in [1.82, 2.24) is 4.90 Å². The number of hydrogen-bond donors (Lipinski definition) is 1. The Morgan fingerprint density at radius 3 is 2.95 bits per heavy atom. The molecular weight excluding hydrogens is 322 g/mol. The van der Waals surface area contributed by atoms with Gasteiger partial charge in [0.15, 0.2) is 0 Å². The van der Waals surface area contributed by atoms with Crippen molar-refractivity contribution in [2.45, 2.75) is 38.8 Å². The Morgan fingerprint density at radius 1 is 1.55 bits per heavy atom. The molecule has 0 fully saturated rings. The fourth-order valence-electron chi connectivity index (χ4n) is 2.45. The van der Waals surface area contributed by atoms with Crippen LogP contribution in [0.3, 0.4) is 0 Å². The third-order valence-electron chi connectivity index (χ3n) is 3.55. The molecule has 0 bridgehead atoms. The van der Waals surface area contributed by atoms with E-state index in [0.717, 1.165) is 23.2 Å². The van der Waals surface area contributed by atoms with Gasteiger partial charge in [-0.05, 0) is 37.6 Å². The monoisotopic (exact) mass is 341 g/mol. The van der Waals surface area contributed by atoms with Crippen LogP contribution in [0.25, 0.3) is 0 Å². The van der Waals surface area contributed by atoms with Crippen molar-refractivity contribution in [3.05, 3.63) is 28.2 Å². The zero-order valence-corrected chi connectivity index (χ0v) is 13.4. The van der Waals surface area contributed by atoms with Gasteiger partial charge in [-0.2, -0.15) is 0 Å². The predicted molar refractivity (Wildman–Crippen MR) is 81.2 cm³/mol. The highest BCUT2D eigenvalue weighted by atomic mass is 79.9. The standard InChI is InChI=1S/C15H20BrNO3/c1-10(2)17(6-5-15(18)19)9-13-8-11-7-12(16)3-4-14(11)20-13/h3-4,7,10,13H,5-6,8-9H2,1-2H3,(H,18,19). The number of halogens is 1. The van der Waals surface area contributed by atoms with Crippen molar-refractivity contribution < 1.29 is 14.6 Å². The van der Waals surface area contributed by atoms with Crippen LogP contribution in [0.4, 0.5) is 0 Å². The number of nitrogens with zero attached hydrogens (tertiary/aromatic N) is 1. The number of benzene rings is 1. The third-order valence-corrected chi connectivity index (χ3v) is 4.04. The molecule has 5 heteroatoms. The lowest BCUT2D eigenvalue weighted by atomic mass is 10.1. The maximum atomic E-state index is 10.7. The molecule has 0 aliphatic carbocycles. The minimum absolute atomic E-state index is 0.107. The Balaban J connectivity index is 1.94. The van der Waals surface area contributed by atoms with Crippen LogP contribution in [0.5, 0.6) is 5.75 Å². The minimum Gasteiger partial charge on any atom is -0.488 e. The average molecular weight is 342 g/mol. The molecule has 0 saturated carbocycles. The van der Waals surface area contributed by atoms with E-state index in [2.05, 4.69) is 40.7 Å². The first-order valence-electron chi connectivity index (χ1n) is 6.86. The summed E-state index contributed by atoms with van der Waals surface area (Å²) in [5.41, 5.74) is 1.21. The third kappa shape index (κ3) is 3.96. The topological polar surface area (TPSA) is 49.8 Å². The lowest BCUT2D eigenvalue weighted by molar-refractivity contribution is -0.137. The molecule has 0 aromatic heterocycles. The Bertz CT molecular complexity index is 490. The molecular formula is C15H20BrNO3. The number of rotatable bonds is 6. The van der Waals surface area contributed by atoms with Crippen molar-refractivity contribution in [3.63, 3.8) is 0 Å². The number of carbonyl (C=O) groups is 1. The molecule has 0 radical (unpaired) electrons. The number of carboxylic acids is 1. The summed E-state index contributed by atoms with van der Waals surface area (Å²) >= 11 is 3.47. The van der Waals surface area contributed by atoms with Gasteiger partial charge in [-0.1, -0.05) is 15.9 Å². The molecule has 0 spiro atoms. The quantitative estimate of drug-likeness (QED) is 0.864. The molecule has 2 rings (SSSR count). The highest BCUT2D eigenvalue weighted by molar-refractivity contribution is 9.10. The van der Waals surface area contributed by atoms with Crippen molar-refractivity contribution in [3.8, 4) is 5.75 Å². The van der Waals surface area contributed by atoms with E-state index in [1.54, 1.807) is 0 Å². The van der Waals surface area contributed by atoms with Crippen LogP contribution in [-0.2, 0) is 11.2 Å². The highest BCUT2D eigenvalue weighted by Gasteiger charge is 2.26. The van der Waals surface area contributed by atoms with Crippen molar-refractivity contribution in [2.24, 2.45) is 0 Å². The Kier molecular flexibility index (Phi) is 5.05. The first kappa shape index (κ1) is 15.3. The minimum atomic E-state index is -0.754. The molecule has 1 unspecified atom stereocenters. The molecule has 0 amide bonds. The second kappa shape index (κ2) is 6.59. The normalized spacial score (nSPS) is 17.4. The first-order chi connectivity index (χ1) is 9.45. The highest BCUT2D eigenvalue weighted by Crippen LogP contribution is 2.31. The van der Waals surface area contributed by atoms with Crippen molar-refractivity contribution >= 4 is 21.9 Å². The van der Waals surface area contributed by atoms with Crippen molar-refractivity contribution in [1.29, 1.82) is 0 Å². The summed E-state index contributed by atoms with van der Waals surface area (Å²) in [6.45, 7) is 5.49. The van der Waals surface area contributed by atoms with Gasteiger partial charge in [0.25, 0.3) is 0 Å². The van der Waals surface area contributed by atoms with Crippen LogP contribution in [0.15, 0.2) is 22.7 Å². The van der Waals surface area contributed by atoms with Crippen LogP contribution in [0, 0.1) is 0 Å². The van der Waals surface area contributed by atoms with Crippen LogP contribution in [0.2, 0.25) is 0 Å². The second-order valence-corrected chi connectivity index (χ2v) is 6.34. The zero-order valence-electron chi connectivity index (χ0n) is 11.8. The fraction of sp³-hybridized carbons (Fsp3) is 0.533. The predicted octanol–water partition coefficient (Wildman–Crippen LogP) is 2.94. The first-order valence-corrected chi connectivity index (χ1v) is 7.66. The number of hydrogen-bond acceptors (Lipinski definition) is 3. The van der Waals surface area contributed by atoms with Gasteiger partial charge < -0.3 is 9.84 Å². The molecule has 110 valence electrons. The van der Waals surface area contributed by atoms with E-state index in [-0.39, 0.29) is 12.5 Å². The van der Waals surface area contributed by atoms with Crippen LogP contribution in [-0.4, -0.2) is 41.2 Å². The van der Waals surface area contributed by atoms with E-state index in [0.29, 0.717) is 12.6 Å². The maximum Gasteiger partial charge on any atom is 0.304 e. The smallest absolute Gasteiger partial charge is 0.304 e. The molecule has 1 atom stereocenters. The van der Waals surface area contributed by atoms with Gasteiger partial charge >= 0.3 is 5.97 Å². The number of carboxylic acid groups (broad SMARTS) is 1. The molecule has 1 aromatic rings. The van der Waals surface area contributed by atoms with E-state index in [1.807, 2.05) is 12.1 Å². The largest absolute Gasteiger partial charge is 0.488 e. The Labute approximate surface area is 127 Å². The van der Waals surface area contributed by atoms with Crippen LogP contribution >= 0.6 is 15.9 Å². The molecule has 1 N–H and O–H groups in total. The summed E-state index contributed by atoms with van der Waals surface area (Å²) in [6.07, 6.45) is 1.16. The lowest BCUT2D eigenvalue weighted by Crippen LogP contribution is -2.40. The summed E-state index contributed by atoms with van der Waals surface area (Å²) in [7, 11) is 0. The molecule has 20 heavy (non-hydrogen) atoms. The van der Waals surface area contributed by atoms with Crippen molar-refractivity contribution in [2.75, 3.05) is 13.1 Å². The van der Waals surface area contributed by atoms with Gasteiger partial charge in [-0.25, -0.2) is 0 Å². The second-order valence-electron chi connectivity index (χ2n) is 5.43. The van der Waals surface area contributed by atoms with E-state index >= 15 is 0 Å². The van der Waals surface area contributed by atoms with Gasteiger partial charge in [-0.15, -0.1) is 0 Å². The summed E-state index contributed by atoms with van der Waals surface area (Å²) in [6, 6.07) is 6.36. The van der Waals surface area contributed by atoms with Gasteiger partial charge in [0.2, 0.25) is 0 Å². The SMILES string of the molecule is CC(C)N(CCC(=O)O)CC1Cc2cc(Br)ccc2O1. The zero-order chi connectivity index (χ0) is 14.7. The molecule has 4 nitrogen and oxygen atoms in total. The van der Waals surface area contributed by atoms with E-state index in [9.17, 15) is 4.79 Å².